The largest absolute Gasteiger partial charge is 0.383 e. The summed E-state index contributed by atoms with van der Waals surface area (Å²) in [4.78, 5) is 17.2. The van der Waals surface area contributed by atoms with Crippen LogP contribution in [0.5, 0.6) is 0 Å². The van der Waals surface area contributed by atoms with Crippen molar-refractivity contribution in [2.24, 2.45) is 18.5 Å². The molecule has 0 bridgehead atoms. The Labute approximate surface area is 174 Å². The Balaban J connectivity index is 1.80. The molecule has 0 saturated heterocycles. The number of imidazole rings is 1. The van der Waals surface area contributed by atoms with Crippen LogP contribution in [0.25, 0.3) is 11.0 Å². The third-order valence-corrected chi connectivity index (χ3v) is 5.91. The van der Waals surface area contributed by atoms with Gasteiger partial charge < -0.3 is 26.5 Å². The third-order valence-electron chi connectivity index (χ3n) is 5.18. The topological polar surface area (TPSA) is 119 Å². The van der Waals surface area contributed by atoms with Gasteiger partial charge in [-0.05, 0) is 66.8 Å². The molecule has 6 N–H and O–H groups in total. The number of hydrogen-bond acceptors (Lipinski definition) is 6. The molecule has 3 atom stereocenters. The van der Waals surface area contributed by atoms with E-state index in [4.69, 9.17) is 11.5 Å². The summed E-state index contributed by atoms with van der Waals surface area (Å²) in [6.45, 7) is 0.491. The highest BCUT2D eigenvalue weighted by molar-refractivity contribution is 7.07. The number of carbonyl (C=O) groups is 1. The minimum atomic E-state index is -0.948. The Morgan fingerprint density at radius 3 is 2.79 bits per heavy atom. The highest BCUT2D eigenvalue weighted by Gasteiger charge is 2.28. The first-order valence-corrected chi connectivity index (χ1v) is 10.8. The number of nitrogens with zero attached hydrogens (tertiary/aromatic N) is 2. The number of hydrogen-bond donors (Lipinski definition) is 4. The molecular weight excluding hydrogens is 386 g/mol. The molecule has 29 heavy (non-hydrogen) atoms. The molecule has 1 amide bonds. The summed E-state index contributed by atoms with van der Waals surface area (Å²) in [5, 5.41) is 18.2. The average molecular weight is 416 g/mol. The number of thiophene rings is 1. The van der Waals surface area contributed by atoms with Gasteiger partial charge in [0.15, 0.2) is 0 Å². The number of rotatable bonds is 10. The highest BCUT2D eigenvalue weighted by Crippen LogP contribution is 2.24. The van der Waals surface area contributed by atoms with Gasteiger partial charge in [0.2, 0.25) is 5.91 Å². The zero-order chi connectivity index (χ0) is 20.8. The van der Waals surface area contributed by atoms with Crippen molar-refractivity contribution in [3.63, 3.8) is 0 Å². The van der Waals surface area contributed by atoms with E-state index in [2.05, 4.69) is 21.7 Å². The van der Waals surface area contributed by atoms with Gasteiger partial charge in [0, 0.05) is 7.05 Å². The van der Waals surface area contributed by atoms with E-state index in [0.29, 0.717) is 31.6 Å². The molecular formula is C21H29N5O2S. The molecule has 0 spiro atoms. The molecule has 2 heterocycles. The molecule has 1 unspecified atom stereocenters. The quantitative estimate of drug-likeness (QED) is 0.403. The number of aromatic nitrogens is 2. The van der Waals surface area contributed by atoms with Gasteiger partial charge in [0.05, 0.1) is 23.1 Å². The van der Waals surface area contributed by atoms with Crippen LogP contribution in [0.3, 0.4) is 0 Å². The molecule has 0 aliphatic carbocycles. The van der Waals surface area contributed by atoms with Crippen molar-refractivity contribution in [3.8, 4) is 0 Å². The van der Waals surface area contributed by atoms with Crippen LogP contribution >= 0.6 is 11.3 Å². The van der Waals surface area contributed by atoms with Gasteiger partial charge in [-0.2, -0.15) is 11.3 Å². The average Bonchev–Trinajstić information content (AvgIpc) is 3.37. The van der Waals surface area contributed by atoms with E-state index in [-0.39, 0.29) is 5.91 Å². The molecule has 1 aromatic carbocycles. The first-order valence-electron chi connectivity index (χ1n) is 9.87. The van der Waals surface area contributed by atoms with Crippen LogP contribution in [0.4, 0.5) is 0 Å². The molecule has 2 aromatic heterocycles. The maximum absolute atomic E-state index is 12.6. The minimum Gasteiger partial charge on any atom is -0.383 e. The zero-order valence-electron chi connectivity index (χ0n) is 16.6. The minimum absolute atomic E-state index is 0.272. The first kappa shape index (κ1) is 21.4. The Kier molecular flexibility index (Phi) is 7.38. The van der Waals surface area contributed by atoms with E-state index in [1.165, 1.54) is 5.56 Å². The Hall–Kier alpha value is -2.26. The van der Waals surface area contributed by atoms with Crippen molar-refractivity contribution >= 4 is 28.3 Å². The maximum atomic E-state index is 12.6. The van der Waals surface area contributed by atoms with Crippen LogP contribution in [0, 0.1) is 0 Å². The number of aliphatic hydroxyl groups is 1. The summed E-state index contributed by atoms with van der Waals surface area (Å²) in [7, 11) is 1.87. The van der Waals surface area contributed by atoms with Crippen LogP contribution in [0.2, 0.25) is 0 Å². The smallest absolute Gasteiger partial charge is 0.237 e. The summed E-state index contributed by atoms with van der Waals surface area (Å²) in [5.74, 6) is 0.254. The number of aryl methyl sites for hydroxylation is 2. The van der Waals surface area contributed by atoms with Crippen LogP contribution < -0.4 is 16.8 Å². The number of benzene rings is 1. The molecule has 0 aliphatic rings. The monoisotopic (exact) mass is 415 g/mol. The van der Waals surface area contributed by atoms with E-state index in [9.17, 15) is 9.90 Å². The van der Waals surface area contributed by atoms with E-state index in [0.717, 1.165) is 17.5 Å². The van der Waals surface area contributed by atoms with E-state index in [1.54, 1.807) is 11.3 Å². The van der Waals surface area contributed by atoms with E-state index >= 15 is 0 Å². The summed E-state index contributed by atoms with van der Waals surface area (Å²) in [6, 6.07) is 8.63. The summed E-state index contributed by atoms with van der Waals surface area (Å²) in [6.07, 6.45) is 1.57. The molecule has 3 rings (SSSR count). The van der Waals surface area contributed by atoms with Gasteiger partial charge in [0.25, 0.3) is 0 Å². The van der Waals surface area contributed by atoms with Crippen LogP contribution in [-0.2, 0) is 18.3 Å². The predicted octanol–water partition coefficient (Wildman–Crippen LogP) is 1.85. The van der Waals surface area contributed by atoms with Crippen LogP contribution in [-0.4, -0.2) is 39.2 Å². The lowest BCUT2D eigenvalue weighted by molar-refractivity contribution is -0.124. The molecule has 0 radical (unpaired) electrons. The lowest BCUT2D eigenvalue weighted by Crippen LogP contribution is -2.48. The van der Waals surface area contributed by atoms with Crippen molar-refractivity contribution < 1.29 is 9.90 Å². The van der Waals surface area contributed by atoms with Gasteiger partial charge in [0.1, 0.15) is 11.9 Å². The Morgan fingerprint density at radius 1 is 1.31 bits per heavy atom. The zero-order valence-corrected chi connectivity index (χ0v) is 17.4. The fraction of sp³-hybridized carbons (Fsp3) is 0.429. The first-order chi connectivity index (χ1) is 14.0. The van der Waals surface area contributed by atoms with Crippen molar-refractivity contribution in [2.45, 2.75) is 43.9 Å². The predicted molar refractivity (Wildman–Crippen MR) is 117 cm³/mol. The van der Waals surface area contributed by atoms with E-state index in [1.807, 2.05) is 41.3 Å². The highest BCUT2D eigenvalue weighted by atomic mass is 32.1. The second-order valence-electron chi connectivity index (χ2n) is 7.29. The number of aliphatic hydroxyl groups excluding tert-OH is 1. The normalized spacial score (nSPS) is 14.6. The molecule has 3 aromatic rings. The second kappa shape index (κ2) is 9.98. The van der Waals surface area contributed by atoms with Crippen molar-refractivity contribution in [3.05, 3.63) is 52.5 Å². The van der Waals surface area contributed by atoms with Crippen molar-refractivity contribution in [1.29, 1.82) is 0 Å². The van der Waals surface area contributed by atoms with Gasteiger partial charge in [-0.1, -0.05) is 12.1 Å². The van der Waals surface area contributed by atoms with E-state index < -0.39 is 18.2 Å². The number of fused-ring (bicyclic) bond motifs is 1. The summed E-state index contributed by atoms with van der Waals surface area (Å²) in [5.41, 5.74) is 14.5. The Morgan fingerprint density at radius 2 is 2.10 bits per heavy atom. The lowest BCUT2D eigenvalue weighted by Gasteiger charge is -2.25. The standard InChI is InChI=1S/C21H29N5O2S/c1-26-18-7-3-2-6-16(18)24-20(26)19(27)17(9-8-14-10-12-29-13-14)25-21(28)15(23)5-4-11-22/h2-3,6-7,10,12-13,15,17,19,27H,4-5,8-9,11,22-23H2,1H3,(H,25,28)/t15-,17-,19?/m1/s1. The number of nitrogens with two attached hydrogens (primary N) is 2. The van der Waals surface area contributed by atoms with Gasteiger partial charge in [-0.3, -0.25) is 4.79 Å². The van der Waals surface area contributed by atoms with Gasteiger partial charge >= 0.3 is 0 Å². The number of amides is 1. The fourth-order valence-electron chi connectivity index (χ4n) is 3.43. The molecule has 8 heteroatoms. The number of para-hydroxylation sites is 2. The van der Waals surface area contributed by atoms with Gasteiger partial charge in [-0.15, -0.1) is 0 Å². The number of carbonyl (C=O) groups excluding carboxylic acids is 1. The number of nitrogens with one attached hydrogen (secondary N) is 1. The molecule has 156 valence electrons. The molecule has 7 nitrogen and oxygen atoms in total. The molecule has 0 saturated carbocycles. The summed E-state index contributed by atoms with van der Waals surface area (Å²) >= 11 is 1.63. The maximum Gasteiger partial charge on any atom is 0.237 e. The van der Waals surface area contributed by atoms with Crippen LogP contribution in [0.15, 0.2) is 41.1 Å². The SMILES string of the molecule is Cn1c(C(O)[C@@H](CCc2ccsc2)NC(=O)[C@H](N)CCCN)nc2ccccc21. The van der Waals surface area contributed by atoms with Crippen molar-refractivity contribution in [2.75, 3.05) is 6.54 Å². The lowest BCUT2D eigenvalue weighted by atomic mass is 10.0. The fourth-order valence-corrected chi connectivity index (χ4v) is 4.14. The van der Waals surface area contributed by atoms with Crippen LogP contribution in [0.1, 0.15) is 36.8 Å². The Bertz CT molecular complexity index is 924. The summed E-state index contributed by atoms with van der Waals surface area (Å²) < 4.78 is 1.87. The van der Waals surface area contributed by atoms with Crippen molar-refractivity contribution in [1.82, 2.24) is 14.9 Å². The third kappa shape index (κ3) is 5.22. The molecule has 0 aliphatic heterocycles. The second-order valence-corrected chi connectivity index (χ2v) is 8.07. The van der Waals surface area contributed by atoms with Gasteiger partial charge in [-0.25, -0.2) is 4.98 Å². The molecule has 0 fully saturated rings.